The van der Waals surface area contributed by atoms with Crippen LogP contribution in [-0.4, -0.2) is 6.61 Å². The largest absolute Gasteiger partial charge is 0.301 e. The molecule has 0 saturated heterocycles. The average molecular weight is 197 g/mol. The Kier molecular flexibility index (Phi) is 2.98. The van der Waals surface area contributed by atoms with Crippen molar-refractivity contribution in [3.05, 3.63) is 22.4 Å². The van der Waals surface area contributed by atoms with Gasteiger partial charge < -0.3 is 4.84 Å². The van der Waals surface area contributed by atoms with Crippen molar-refractivity contribution in [2.45, 2.75) is 25.8 Å². The summed E-state index contributed by atoms with van der Waals surface area (Å²) in [7, 11) is 0. The van der Waals surface area contributed by atoms with Crippen molar-refractivity contribution in [2.24, 2.45) is 5.92 Å². The molecule has 1 saturated carbocycles. The van der Waals surface area contributed by atoms with Gasteiger partial charge in [-0.15, -0.1) is 11.3 Å². The predicted molar refractivity (Wildman–Crippen MR) is 54.5 cm³/mol. The maximum absolute atomic E-state index is 5.28. The molecule has 1 N–H and O–H groups in total. The lowest BCUT2D eigenvalue weighted by Crippen LogP contribution is -2.22. The Morgan fingerprint density at radius 3 is 3.08 bits per heavy atom. The number of thiophene rings is 1. The van der Waals surface area contributed by atoms with E-state index in [2.05, 4.69) is 23.0 Å². The topological polar surface area (TPSA) is 21.3 Å². The van der Waals surface area contributed by atoms with Crippen molar-refractivity contribution < 1.29 is 4.84 Å². The van der Waals surface area contributed by atoms with Crippen LogP contribution in [0.1, 0.15) is 30.7 Å². The van der Waals surface area contributed by atoms with E-state index in [1.54, 1.807) is 0 Å². The second kappa shape index (κ2) is 4.22. The Morgan fingerprint density at radius 1 is 1.69 bits per heavy atom. The van der Waals surface area contributed by atoms with E-state index < -0.39 is 0 Å². The molecule has 1 fully saturated rings. The smallest absolute Gasteiger partial charge is 0.0692 e. The van der Waals surface area contributed by atoms with Gasteiger partial charge in [-0.05, 0) is 37.1 Å². The molecular weight excluding hydrogens is 182 g/mol. The molecule has 2 rings (SSSR count). The molecule has 0 bridgehead atoms. The van der Waals surface area contributed by atoms with E-state index in [1.807, 2.05) is 18.3 Å². The van der Waals surface area contributed by atoms with E-state index in [0.29, 0.717) is 6.04 Å². The molecule has 0 aliphatic heterocycles. The van der Waals surface area contributed by atoms with Crippen LogP contribution in [0.5, 0.6) is 0 Å². The van der Waals surface area contributed by atoms with Crippen LogP contribution >= 0.6 is 11.3 Å². The molecule has 72 valence electrons. The average Bonchev–Trinajstić information content (AvgIpc) is 2.82. The summed E-state index contributed by atoms with van der Waals surface area (Å²) in [5.41, 5.74) is 3.14. The molecule has 1 aromatic rings. The summed E-state index contributed by atoms with van der Waals surface area (Å²) in [5, 5.41) is 2.12. The lowest BCUT2D eigenvalue weighted by Gasteiger charge is -2.15. The highest BCUT2D eigenvalue weighted by molar-refractivity contribution is 7.10. The summed E-state index contributed by atoms with van der Waals surface area (Å²) in [6.45, 7) is 2.74. The van der Waals surface area contributed by atoms with Crippen molar-refractivity contribution in [1.29, 1.82) is 0 Å². The number of hydroxylamine groups is 1. The van der Waals surface area contributed by atoms with Crippen LogP contribution < -0.4 is 5.48 Å². The van der Waals surface area contributed by atoms with Crippen molar-refractivity contribution in [3.63, 3.8) is 0 Å². The molecule has 3 heteroatoms. The van der Waals surface area contributed by atoms with Crippen LogP contribution in [-0.2, 0) is 4.84 Å². The summed E-state index contributed by atoms with van der Waals surface area (Å²) in [5.74, 6) is 0.796. The van der Waals surface area contributed by atoms with Gasteiger partial charge in [-0.3, -0.25) is 0 Å². The van der Waals surface area contributed by atoms with Gasteiger partial charge in [0, 0.05) is 4.88 Å². The Morgan fingerprint density at radius 2 is 2.54 bits per heavy atom. The summed E-state index contributed by atoms with van der Waals surface area (Å²) >= 11 is 1.81. The predicted octanol–water partition coefficient (Wildman–Crippen LogP) is 2.74. The molecule has 0 radical (unpaired) electrons. The van der Waals surface area contributed by atoms with E-state index in [1.165, 1.54) is 17.7 Å². The van der Waals surface area contributed by atoms with Crippen LogP contribution in [0.25, 0.3) is 0 Å². The Bertz CT molecular complexity index is 243. The molecule has 1 atom stereocenters. The monoisotopic (exact) mass is 197 g/mol. The minimum Gasteiger partial charge on any atom is -0.301 e. The molecule has 0 aromatic carbocycles. The van der Waals surface area contributed by atoms with Gasteiger partial charge in [-0.2, -0.15) is 5.48 Å². The molecule has 0 spiro atoms. The fraction of sp³-hybridized carbons (Fsp3) is 0.600. The third kappa shape index (κ3) is 2.30. The first kappa shape index (κ1) is 9.19. The van der Waals surface area contributed by atoms with Crippen LogP contribution in [0.4, 0.5) is 0 Å². The zero-order chi connectivity index (χ0) is 9.10. The summed E-state index contributed by atoms with van der Waals surface area (Å²) in [6, 6.07) is 4.71. The van der Waals surface area contributed by atoms with Gasteiger partial charge in [0.15, 0.2) is 0 Å². The molecule has 1 aromatic heterocycles. The zero-order valence-electron chi connectivity index (χ0n) is 7.82. The minimum absolute atomic E-state index is 0.431. The van der Waals surface area contributed by atoms with Crippen LogP contribution in [0.2, 0.25) is 0 Å². The van der Waals surface area contributed by atoms with Gasteiger partial charge in [-0.25, -0.2) is 0 Å². The molecule has 1 unspecified atom stereocenters. The van der Waals surface area contributed by atoms with Crippen molar-refractivity contribution in [2.75, 3.05) is 6.61 Å². The quantitative estimate of drug-likeness (QED) is 0.733. The molecule has 1 aliphatic carbocycles. The molecule has 0 amide bonds. The van der Waals surface area contributed by atoms with Gasteiger partial charge >= 0.3 is 0 Å². The second-order valence-corrected chi connectivity index (χ2v) is 4.36. The number of nitrogens with one attached hydrogen (secondary N) is 1. The van der Waals surface area contributed by atoms with E-state index in [-0.39, 0.29) is 0 Å². The normalized spacial score (nSPS) is 18.8. The summed E-state index contributed by atoms with van der Waals surface area (Å²) in [4.78, 5) is 6.68. The maximum atomic E-state index is 5.28. The Hall–Kier alpha value is -0.380. The van der Waals surface area contributed by atoms with E-state index in [0.717, 1.165) is 12.5 Å². The first-order valence-corrected chi connectivity index (χ1v) is 5.70. The van der Waals surface area contributed by atoms with Gasteiger partial charge in [0.1, 0.15) is 0 Å². The van der Waals surface area contributed by atoms with Crippen molar-refractivity contribution in [3.8, 4) is 0 Å². The fourth-order valence-electron chi connectivity index (χ4n) is 1.46. The van der Waals surface area contributed by atoms with Crippen molar-refractivity contribution >= 4 is 11.3 Å². The van der Waals surface area contributed by atoms with Gasteiger partial charge in [0.05, 0.1) is 12.6 Å². The van der Waals surface area contributed by atoms with Gasteiger partial charge in [0.25, 0.3) is 0 Å². The zero-order valence-corrected chi connectivity index (χ0v) is 8.64. The first-order chi connectivity index (χ1) is 6.42. The molecule has 2 nitrogen and oxygen atoms in total. The fourth-order valence-corrected chi connectivity index (χ4v) is 2.32. The van der Waals surface area contributed by atoms with Gasteiger partial charge in [0.2, 0.25) is 0 Å². The highest BCUT2D eigenvalue weighted by Crippen LogP contribution is 2.42. The minimum atomic E-state index is 0.431. The SMILES string of the molecule is CCONC(c1cccs1)C1CC1. The highest BCUT2D eigenvalue weighted by atomic mass is 32.1. The van der Waals surface area contributed by atoms with E-state index >= 15 is 0 Å². The molecule has 13 heavy (non-hydrogen) atoms. The third-order valence-corrected chi connectivity index (χ3v) is 3.25. The van der Waals surface area contributed by atoms with Crippen LogP contribution in [0.15, 0.2) is 17.5 Å². The van der Waals surface area contributed by atoms with E-state index in [9.17, 15) is 0 Å². The first-order valence-electron chi connectivity index (χ1n) is 4.82. The standard InChI is InChI=1S/C10H15NOS/c1-2-12-11-10(8-5-6-8)9-4-3-7-13-9/h3-4,7-8,10-11H,2,5-6H2,1H3. The molecule has 1 heterocycles. The third-order valence-electron chi connectivity index (χ3n) is 2.30. The summed E-state index contributed by atoms with van der Waals surface area (Å²) in [6.07, 6.45) is 2.67. The number of hydrogen-bond donors (Lipinski definition) is 1. The lowest BCUT2D eigenvalue weighted by molar-refractivity contribution is 0.0192. The summed E-state index contributed by atoms with van der Waals surface area (Å²) < 4.78 is 0. The van der Waals surface area contributed by atoms with Gasteiger partial charge in [-0.1, -0.05) is 6.07 Å². The maximum Gasteiger partial charge on any atom is 0.0692 e. The van der Waals surface area contributed by atoms with Crippen LogP contribution in [0, 0.1) is 5.92 Å². The Balaban J connectivity index is 1.97. The van der Waals surface area contributed by atoms with Crippen molar-refractivity contribution in [1.82, 2.24) is 5.48 Å². The number of hydrogen-bond acceptors (Lipinski definition) is 3. The lowest BCUT2D eigenvalue weighted by atomic mass is 10.1. The van der Waals surface area contributed by atoms with Crippen LogP contribution in [0.3, 0.4) is 0 Å². The van der Waals surface area contributed by atoms with E-state index in [4.69, 9.17) is 4.84 Å². The molecule has 1 aliphatic rings. The molecular formula is C10H15NOS. The number of rotatable bonds is 5. The Labute approximate surface area is 82.9 Å². The highest BCUT2D eigenvalue weighted by Gasteiger charge is 2.32. The second-order valence-electron chi connectivity index (χ2n) is 3.38.